The van der Waals surface area contributed by atoms with Crippen LogP contribution >= 0.6 is 11.6 Å². The molecule has 1 saturated heterocycles. The van der Waals surface area contributed by atoms with Gasteiger partial charge in [-0.05, 0) is 57.9 Å². The number of anilines is 2. The zero-order valence-corrected chi connectivity index (χ0v) is 23.9. The average Bonchev–Trinajstić information content (AvgIpc) is 3.14. The summed E-state index contributed by atoms with van der Waals surface area (Å²) in [5, 5.41) is 20.9. The molecule has 0 bridgehead atoms. The molecule has 0 radical (unpaired) electrons. The summed E-state index contributed by atoms with van der Waals surface area (Å²) >= 11 is 6.92. The summed E-state index contributed by atoms with van der Waals surface area (Å²) in [5.41, 5.74) is 11.3. The van der Waals surface area contributed by atoms with Gasteiger partial charge in [-0.25, -0.2) is 0 Å². The van der Waals surface area contributed by atoms with Gasteiger partial charge in [-0.15, -0.1) is 0 Å². The standard InChI is InChI=1S/C29H42ClN7O/c1-6-8-9-10-20(15-33-5)34-28-25(26-22(14-31)23(32)11-18(3)27(26)30)19(4)37(35-28)21-12-29(13-21)16-36(17-29)24(38)7-2/h7,11,14,20-21,31,33H,2,6,8-10,12-13,15-17,32H2,1,3-5H3,(H,34,35). The van der Waals surface area contributed by atoms with E-state index in [-0.39, 0.29) is 23.4 Å². The third-order valence-corrected chi connectivity index (χ3v) is 8.72. The lowest BCUT2D eigenvalue weighted by atomic mass is 9.60. The van der Waals surface area contributed by atoms with Crippen LogP contribution in [0.1, 0.15) is 68.3 Å². The lowest BCUT2D eigenvalue weighted by Gasteiger charge is -2.58. The lowest BCUT2D eigenvalue weighted by Crippen LogP contribution is -2.63. The molecule has 1 amide bonds. The van der Waals surface area contributed by atoms with Crippen LogP contribution in [0.25, 0.3) is 11.1 Å². The van der Waals surface area contributed by atoms with E-state index in [1.807, 2.05) is 24.9 Å². The van der Waals surface area contributed by atoms with Crippen molar-refractivity contribution in [3.63, 3.8) is 0 Å². The number of nitrogens with one attached hydrogen (secondary N) is 3. The van der Waals surface area contributed by atoms with Crippen LogP contribution in [0.5, 0.6) is 0 Å². The number of carbonyl (C=O) groups is 1. The van der Waals surface area contributed by atoms with Crippen LogP contribution in [0.4, 0.5) is 11.5 Å². The van der Waals surface area contributed by atoms with Gasteiger partial charge in [-0.3, -0.25) is 9.48 Å². The van der Waals surface area contributed by atoms with Gasteiger partial charge in [0.1, 0.15) is 0 Å². The third kappa shape index (κ3) is 5.21. The van der Waals surface area contributed by atoms with Crippen LogP contribution in [-0.2, 0) is 4.79 Å². The molecule has 8 nitrogen and oxygen atoms in total. The number of benzene rings is 1. The normalized spacial score (nSPS) is 17.1. The number of aromatic nitrogens is 2. The van der Waals surface area contributed by atoms with E-state index >= 15 is 0 Å². The molecule has 1 unspecified atom stereocenters. The Morgan fingerprint density at radius 2 is 2.05 bits per heavy atom. The number of nitrogen functional groups attached to an aromatic ring is 1. The monoisotopic (exact) mass is 539 g/mol. The minimum absolute atomic E-state index is 0.00705. The Balaban J connectivity index is 1.71. The Kier molecular flexibility index (Phi) is 8.52. The number of nitrogens with zero attached hydrogens (tertiary/aromatic N) is 3. The second-order valence-electron chi connectivity index (χ2n) is 11.1. The largest absolute Gasteiger partial charge is 0.398 e. The van der Waals surface area contributed by atoms with Gasteiger partial charge in [-0.1, -0.05) is 44.4 Å². The molecule has 1 spiro atoms. The number of halogens is 1. The zero-order chi connectivity index (χ0) is 27.6. The summed E-state index contributed by atoms with van der Waals surface area (Å²) in [7, 11) is 1.97. The number of rotatable bonds is 12. The molecule has 1 saturated carbocycles. The predicted octanol–water partition coefficient (Wildman–Crippen LogP) is 5.33. The fraction of sp³-hybridized carbons (Fsp3) is 0.552. The molecule has 1 aliphatic carbocycles. The van der Waals surface area contributed by atoms with Crippen molar-refractivity contribution in [2.24, 2.45) is 5.41 Å². The third-order valence-electron chi connectivity index (χ3n) is 8.23. The number of nitrogens with two attached hydrogens (primary N) is 1. The number of aryl methyl sites for hydroxylation is 1. The molecule has 4 rings (SSSR count). The first-order valence-electron chi connectivity index (χ1n) is 13.7. The van der Waals surface area contributed by atoms with E-state index in [2.05, 4.69) is 35.7 Å². The van der Waals surface area contributed by atoms with Crippen LogP contribution in [-0.4, -0.2) is 59.5 Å². The summed E-state index contributed by atoms with van der Waals surface area (Å²) in [4.78, 5) is 13.8. The van der Waals surface area contributed by atoms with E-state index in [0.29, 0.717) is 16.3 Å². The summed E-state index contributed by atoms with van der Waals surface area (Å²) < 4.78 is 2.13. The summed E-state index contributed by atoms with van der Waals surface area (Å²) in [6.45, 7) is 12.2. The topological polar surface area (TPSA) is 112 Å². The Morgan fingerprint density at radius 3 is 2.66 bits per heavy atom. The Bertz CT molecular complexity index is 1210. The quantitative estimate of drug-likeness (QED) is 0.126. The number of likely N-dealkylation sites (N-methyl/N-ethyl adjacent to an activating group) is 1. The first-order valence-corrected chi connectivity index (χ1v) is 14.1. The van der Waals surface area contributed by atoms with E-state index in [9.17, 15) is 4.79 Å². The second-order valence-corrected chi connectivity index (χ2v) is 11.5. The zero-order valence-electron chi connectivity index (χ0n) is 23.2. The highest BCUT2D eigenvalue weighted by molar-refractivity contribution is 6.35. The van der Waals surface area contributed by atoms with Crippen molar-refractivity contribution < 1.29 is 4.79 Å². The van der Waals surface area contributed by atoms with E-state index in [0.717, 1.165) is 73.5 Å². The van der Waals surface area contributed by atoms with Crippen molar-refractivity contribution in [3.05, 3.63) is 40.6 Å². The van der Waals surface area contributed by atoms with E-state index in [1.165, 1.54) is 25.1 Å². The highest BCUT2D eigenvalue weighted by Crippen LogP contribution is 2.55. The fourth-order valence-corrected chi connectivity index (χ4v) is 6.48. The number of unbranched alkanes of at least 4 members (excludes halogenated alkanes) is 2. The summed E-state index contributed by atoms with van der Waals surface area (Å²) in [6, 6.07) is 2.28. The van der Waals surface area contributed by atoms with Crippen molar-refractivity contribution in [3.8, 4) is 11.1 Å². The number of likely N-dealkylation sites (tertiary alicyclic amines) is 1. The Hall–Kier alpha value is -2.84. The maximum atomic E-state index is 12.0. The molecule has 2 aromatic rings. The van der Waals surface area contributed by atoms with Gasteiger partial charge < -0.3 is 26.7 Å². The van der Waals surface area contributed by atoms with E-state index in [4.69, 9.17) is 27.8 Å². The van der Waals surface area contributed by atoms with Gasteiger partial charge in [0.25, 0.3) is 0 Å². The first kappa shape index (κ1) is 28.2. The van der Waals surface area contributed by atoms with Gasteiger partial charge in [0.05, 0.1) is 11.1 Å². The molecule has 1 aliphatic heterocycles. The SMILES string of the molecule is C=CC(=O)N1CC2(CC(n3nc(NC(CCCCC)CNC)c(-c4c(Cl)c(C)cc(N)c4C=N)c3C)C2)C1. The molecule has 5 N–H and O–H groups in total. The molecule has 2 heterocycles. The molecular formula is C29H42ClN7O. The van der Waals surface area contributed by atoms with Crippen molar-refractivity contribution in [2.75, 3.05) is 37.7 Å². The minimum atomic E-state index is 0.00705. The van der Waals surface area contributed by atoms with Gasteiger partial charge >= 0.3 is 0 Å². The van der Waals surface area contributed by atoms with Crippen molar-refractivity contribution in [1.29, 1.82) is 5.41 Å². The van der Waals surface area contributed by atoms with Gasteiger partial charge in [0, 0.05) is 65.4 Å². The number of hydrogen-bond donors (Lipinski definition) is 4. The lowest BCUT2D eigenvalue weighted by molar-refractivity contribution is -0.149. The molecule has 1 aromatic heterocycles. The predicted molar refractivity (Wildman–Crippen MR) is 157 cm³/mol. The second kappa shape index (κ2) is 11.5. The van der Waals surface area contributed by atoms with Crippen molar-refractivity contribution in [1.82, 2.24) is 20.0 Å². The minimum Gasteiger partial charge on any atom is -0.398 e. The van der Waals surface area contributed by atoms with Crippen LogP contribution in [0, 0.1) is 24.7 Å². The fourth-order valence-electron chi connectivity index (χ4n) is 6.23. The number of hydrogen-bond acceptors (Lipinski definition) is 6. The number of carbonyl (C=O) groups excluding carboxylic acids is 1. The summed E-state index contributed by atoms with van der Waals surface area (Å²) in [6.07, 6.45) is 9.17. The highest BCUT2D eigenvalue weighted by Gasteiger charge is 2.54. The molecule has 206 valence electrons. The van der Waals surface area contributed by atoms with E-state index < -0.39 is 0 Å². The van der Waals surface area contributed by atoms with Crippen LogP contribution in [0.15, 0.2) is 18.7 Å². The highest BCUT2D eigenvalue weighted by atomic mass is 35.5. The van der Waals surface area contributed by atoms with Crippen LogP contribution in [0.2, 0.25) is 5.02 Å². The summed E-state index contributed by atoms with van der Waals surface area (Å²) in [5.74, 6) is 0.792. The van der Waals surface area contributed by atoms with Gasteiger partial charge in [0.15, 0.2) is 5.82 Å². The molecule has 1 atom stereocenters. The van der Waals surface area contributed by atoms with E-state index in [1.54, 1.807) is 0 Å². The smallest absolute Gasteiger partial charge is 0.245 e. The first-order chi connectivity index (χ1) is 18.2. The van der Waals surface area contributed by atoms with Gasteiger partial charge in [-0.2, -0.15) is 5.10 Å². The van der Waals surface area contributed by atoms with Crippen molar-refractivity contribution in [2.45, 2.75) is 71.4 Å². The number of amides is 1. The molecular weight excluding hydrogens is 498 g/mol. The average molecular weight is 540 g/mol. The maximum absolute atomic E-state index is 12.0. The van der Waals surface area contributed by atoms with Gasteiger partial charge in [0.2, 0.25) is 5.91 Å². The Morgan fingerprint density at radius 1 is 1.34 bits per heavy atom. The molecule has 2 fully saturated rings. The van der Waals surface area contributed by atoms with Crippen LogP contribution in [0.3, 0.4) is 0 Å². The molecule has 2 aliphatic rings. The maximum Gasteiger partial charge on any atom is 0.245 e. The molecule has 38 heavy (non-hydrogen) atoms. The Labute approximate surface area is 231 Å². The van der Waals surface area contributed by atoms with Crippen molar-refractivity contribution >= 4 is 35.2 Å². The molecule has 1 aromatic carbocycles. The molecule has 9 heteroatoms. The van der Waals surface area contributed by atoms with Crippen LogP contribution < -0.4 is 16.4 Å².